The van der Waals surface area contributed by atoms with Gasteiger partial charge in [-0.3, -0.25) is 4.79 Å². The van der Waals surface area contributed by atoms with Gasteiger partial charge in [0.15, 0.2) is 0 Å². The summed E-state index contributed by atoms with van der Waals surface area (Å²) in [5, 5.41) is 3.14. The maximum atomic E-state index is 10.2. The lowest BCUT2D eigenvalue weighted by Gasteiger charge is -1.92. The van der Waals surface area contributed by atoms with Crippen LogP contribution in [0.15, 0.2) is 24.3 Å². The molecule has 1 aliphatic rings. The van der Waals surface area contributed by atoms with Gasteiger partial charge in [0.25, 0.3) is 0 Å². The number of aryl methyl sites for hydroxylation is 1. The predicted molar refractivity (Wildman–Crippen MR) is 58.6 cm³/mol. The summed E-state index contributed by atoms with van der Waals surface area (Å²) in [4.78, 5) is 10.2. The molecule has 0 spiro atoms. The van der Waals surface area contributed by atoms with E-state index >= 15 is 0 Å². The average Bonchev–Trinajstić information content (AvgIpc) is 3.03. The summed E-state index contributed by atoms with van der Waals surface area (Å²) in [5.74, 6) is 0. The van der Waals surface area contributed by atoms with Crippen LogP contribution in [0.25, 0.3) is 0 Å². The van der Waals surface area contributed by atoms with E-state index in [9.17, 15) is 4.79 Å². The van der Waals surface area contributed by atoms with Gasteiger partial charge in [0.1, 0.15) is 6.29 Å². The van der Waals surface area contributed by atoms with Crippen LogP contribution in [0.2, 0.25) is 0 Å². The fourth-order valence-corrected chi connectivity index (χ4v) is 1.09. The molecule has 1 aromatic rings. The highest BCUT2D eigenvalue weighted by molar-refractivity contribution is 5.76. The molecule has 0 unspecified atom stereocenters. The van der Waals surface area contributed by atoms with E-state index in [1.54, 1.807) is 0 Å². The number of hydrogen-bond donors (Lipinski definition) is 1. The van der Waals surface area contributed by atoms with E-state index in [0.29, 0.717) is 0 Å². The predicted octanol–water partition coefficient (Wildman–Crippen LogP) is 2.18. The van der Waals surface area contributed by atoms with Crippen LogP contribution in [0.5, 0.6) is 0 Å². The van der Waals surface area contributed by atoms with Crippen molar-refractivity contribution in [1.82, 2.24) is 5.32 Å². The zero-order valence-corrected chi connectivity index (χ0v) is 8.79. The number of benzene rings is 1. The second-order valence-electron chi connectivity index (χ2n) is 3.54. The van der Waals surface area contributed by atoms with Crippen LogP contribution in [0.3, 0.4) is 0 Å². The van der Waals surface area contributed by atoms with Crippen LogP contribution in [-0.4, -0.2) is 19.4 Å². The number of carbonyl (C=O) groups is 1. The SMILES string of the molecule is CNC1CC1.Cc1ccccc1C=O. The summed E-state index contributed by atoms with van der Waals surface area (Å²) in [6.45, 7) is 1.92. The summed E-state index contributed by atoms with van der Waals surface area (Å²) in [5.41, 5.74) is 1.81. The van der Waals surface area contributed by atoms with Crippen LogP contribution in [0.1, 0.15) is 28.8 Å². The van der Waals surface area contributed by atoms with Crippen molar-refractivity contribution in [2.75, 3.05) is 7.05 Å². The first-order valence-corrected chi connectivity index (χ1v) is 4.96. The Balaban J connectivity index is 0.000000165. The molecule has 2 nitrogen and oxygen atoms in total. The van der Waals surface area contributed by atoms with E-state index in [2.05, 4.69) is 5.32 Å². The topological polar surface area (TPSA) is 29.1 Å². The van der Waals surface area contributed by atoms with Crippen LogP contribution < -0.4 is 5.32 Å². The maximum Gasteiger partial charge on any atom is 0.150 e. The van der Waals surface area contributed by atoms with Crippen LogP contribution in [0.4, 0.5) is 0 Å². The van der Waals surface area contributed by atoms with Crippen molar-refractivity contribution in [1.29, 1.82) is 0 Å². The lowest BCUT2D eigenvalue weighted by atomic mass is 10.1. The number of aldehydes is 1. The monoisotopic (exact) mass is 191 g/mol. The third-order valence-corrected chi connectivity index (χ3v) is 2.30. The van der Waals surface area contributed by atoms with E-state index in [4.69, 9.17) is 0 Å². The first kappa shape index (κ1) is 10.9. The Kier molecular flexibility index (Phi) is 4.33. The molecule has 1 aromatic carbocycles. The third-order valence-electron chi connectivity index (χ3n) is 2.30. The summed E-state index contributed by atoms with van der Waals surface area (Å²) in [6.07, 6.45) is 3.67. The average molecular weight is 191 g/mol. The Labute approximate surface area is 85.3 Å². The Bertz CT molecular complexity index is 292. The number of nitrogens with one attached hydrogen (secondary N) is 1. The quantitative estimate of drug-likeness (QED) is 0.726. The highest BCUT2D eigenvalue weighted by Gasteiger charge is 2.17. The fraction of sp³-hybridized carbons (Fsp3) is 0.417. The van der Waals surface area contributed by atoms with Gasteiger partial charge in [-0.15, -0.1) is 0 Å². The molecule has 14 heavy (non-hydrogen) atoms. The van der Waals surface area contributed by atoms with Crippen molar-refractivity contribution in [3.63, 3.8) is 0 Å². The summed E-state index contributed by atoms with van der Waals surface area (Å²) in [6, 6.07) is 8.39. The van der Waals surface area contributed by atoms with Gasteiger partial charge in [-0.2, -0.15) is 0 Å². The molecule has 0 heterocycles. The largest absolute Gasteiger partial charge is 0.317 e. The van der Waals surface area contributed by atoms with E-state index in [-0.39, 0.29) is 0 Å². The summed E-state index contributed by atoms with van der Waals surface area (Å²) < 4.78 is 0. The number of hydrogen-bond acceptors (Lipinski definition) is 2. The Hall–Kier alpha value is -1.15. The smallest absolute Gasteiger partial charge is 0.150 e. The lowest BCUT2D eigenvalue weighted by molar-refractivity contribution is 0.112. The summed E-state index contributed by atoms with van der Waals surface area (Å²) in [7, 11) is 2.01. The molecule has 0 amide bonds. The molecule has 0 aromatic heterocycles. The van der Waals surface area contributed by atoms with Crippen molar-refractivity contribution in [2.45, 2.75) is 25.8 Å². The second-order valence-corrected chi connectivity index (χ2v) is 3.54. The Morgan fingerprint density at radius 2 is 2.00 bits per heavy atom. The molecule has 1 N–H and O–H groups in total. The number of carbonyl (C=O) groups excluding carboxylic acids is 1. The molecule has 0 bridgehead atoms. The standard InChI is InChI=1S/C8H8O.C4H9N/c1-7-4-2-3-5-8(7)6-9;1-5-4-2-3-4/h2-6H,1H3;4-5H,2-3H2,1H3. The van der Waals surface area contributed by atoms with Crippen molar-refractivity contribution in [3.8, 4) is 0 Å². The van der Waals surface area contributed by atoms with Gasteiger partial charge in [-0.1, -0.05) is 24.3 Å². The summed E-state index contributed by atoms with van der Waals surface area (Å²) >= 11 is 0. The normalized spacial score (nSPS) is 14.1. The van der Waals surface area contributed by atoms with E-state index in [1.807, 2.05) is 38.2 Å². The van der Waals surface area contributed by atoms with Crippen molar-refractivity contribution >= 4 is 6.29 Å². The van der Waals surface area contributed by atoms with Crippen LogP contribution >= 0.6 is 0 Å². The van der Waals surface area contributed by atoms with Crippen molar-refractivity contribution < 1.29 is 4.79 Å². The van der Waals surface area contributed by atoms with Crippen molar-refractivity contribution in [2.24, 2.45) is 0 Å². The molecular weight excluding hydrogens is 174 g/mol. The van der Waals surface area contributed by atoms with E-state index in [1.165, 1.54) is 12.8 Å². The van der Waals surface area contributed by atoms with Gasteiger partial charge in [-0.25, -0.2) is 0 Å². The third kappa shape index (κ3) is 3.71. The zero-order chi connectivity index (χ0) is 10.4. The lowest BCUT2D eigenvalue weighted by Crippen LogP contribution is -2.06. The first-order chi connectivity index (χ1) is 6.77. The molecule has 1 fully saturated rings. The Morgan fingerprint density at radius 1 is 1.36 bits per heavy atom. The van der Waals surface area contributed by atoms with Gasteiger partial charge in [0, 0.05) is 11.6 Å². The minimum absolute atomic E-state index is 0.775. The fourth-order valence-electron chi connectivity index (χ4n) is 1.09. The second kappa shape index (κ2) is 5.55. The highest BCUT2D eigenvalue weighted by Crippen LogP contribution is 2.17. The maximum absolute atomic E-state index is 10.2. The van der Waals surface area contributed by atoms with Crippen LogP contribution in [-0.2, 0) is 0 Å². The molecule has 1 saturated carbocycles. The highest BCUT2D eigenvalue weighted by atomic mass is 16.1. The van der Waals surface area contributed by atoms with E-state index < -0.39 is 0 Å². The minimum Gasteiger partial charge on any atom is -0.317 e. The van der Waals surface area contributed by atoms with Gasteiger partial charge in [0.2, 0.25) is 0 Å². The molecule has 76 valence electrons. The van der Waals surface area contributed by atoms with E-state index in [0.717, 1.165) is 23.5 Å². The molecular formula is C12H17NO. The molecule has 0 atom stereocenters. The molecule has 0 radical (unpaired) electrons. The minimum atomic E-state index is 0.775. The van der Waals surface area contributed by atoms with Gasteiger partial charge in [-0.05, 0) is 32.4 Å². The first-order valence-electron chi connectivity index (χ1n) is 4.96. The van der Waals surface area contributed by atoms with Gasteiger partial charge in [0.05, 0.1) is 0 Å². The molecule has 2 rings (SSSR count). The molecule has 0 saturated heterocycles. The zero-order valence-electron chi connectivity index (χ0n) is 8.79. The molecule has 2 heteroatoms. The van der Waals surface area contributed by atoms with Gasteiger partial charge < -0.3 is 5.32 Å². The number of rotatable bonds is 2. The molecule has 1 aliphatic carbocycles. The molecule has 0 aliphatic heterocycles. The van der Waals surface area contributed by atoms with Gasteiger partial charge >= 0.3 is 0 Å². The van der Waals surface area contributed by atoms with Crippen molar-refractivity contribution in [3.05, 3.63) is 35.4 Å². The van der Waals surface area contributed by atoms with Crippen LogP contribution in [0, 0.1) is 6.92 Å². The Morgan fingerprint density at radius 3 is 2.29 bits per heavy atom.